The lowest BCUT2D eigenvalue weighted by molar-refractivity contribution is 0.0958. The van der Waals surface area contributed by atoms with Crippen molar-refractivity contribution in [2.24, 2.45) is 0 Å². The zero-order valence-electron chi connectivity index (χ0n) is 14.7. The van der Waals surface area contributed by atoms with Crippen molar-refractivity contribution in [3.63, 3.8) is 0 Å². The third-order valence-electron chi connectivity index (χ3n) is 4.79. The third kappa shape index (κ3) is 3.96. The number of anilines is 2. The summed E-state index contributed by atoms with van der Waals surface area (Å²) in [5.74, 6) is 1.05. The number of hydrogen-bond donors (Lipinski definition) is 1. The van der Waals surface area contributed by atoms with Crippen LogP contribution in [0.1, 0.15) is 41.8 Å². The van der Waals surface area contributed by atoms with Crippen LogP contribution in [0.15, 0.2) is 47.1 Å². The number of nitrogens with zero attached hydrogens (tertiary/aromatic N) is 2. The minimum absolute atomic E-state index is 0.0375. The van der Waals surface area contributed by atoms with Gasteiger partial charge in [0.05, 0.1) is 15.6 Å². The van der Waals surface area contributed by atoms with E-state index in [-0.39, 0.29) is 5.91 Å². The normalized spacial score (nSPS) is 16.8. The van der Waals surface area contributed by atoms with E-state index in [0.717, 1.165) is 45.9 Å². The highest BCUT2D eigenvalue weighted by atomic mass is 32.2. The van der Waals surface area contributed by atoms with Crippen molar-refractivity contribution in [2.75, 3.05) is 23.7 Å². The fourth-order valence-electron chi connectivity index (χ4n) is 3.43. The van der Waals surface area contributed by atoms with Crippen LogP contribution in [0.3, 0.4) is 0 Å². The van der Waals surface area contributed by atoms with Gasteiger partial charge < -0.3 is 10.2 Å². The van der Waals surface area contributed by atoms with Crippen molar-refractivity contribution >= 4 is 39.7 Å². The molecule has 0 spiro atoms. The number of pyridine rings is 1. The molecule has 0 saturated heterocycles. The maximum absolute atomic E-state index is 12.5. The summed E-state index contributed by atoms with van der Waals surface area (Å²) < 4.78 is 0. The summed E-state index contributed by atoms with van der Waals surface area (Å²) in [5, 5.41) is 5.26. The minimum Gasteiger partial charge on any atom is -0.351 e. The molecule has 0 aromatic carbocycles. The molecule has 3 heterocycles. The molecular weight excluding hydrogens is 362 g/mol. The lowest BCUT2D eigenvalue weighted by Gasteiger charge is -2.28. The van der Waals surface area contributed by atoms with E-state index in [4.69, 9.17) is 0 Å². The Morgan fingerprint density at radius 1 is 1.27 bits per heavy atom. The van der Waals surface area contributed by atoms with Gasteiger partial charge in [0.1, 0.15) is 5.03 Å². The molecule has 4 nitrogen and oxygen atoms in total. The standard InChI is InChI=1S/C20H23N3OS2/c24-19(21-12-10-15-5-2-1-3-6-15)17-8-9-18(26-17)23-13-14-25-20-16(23)7-4-11-22-20/h4-5,7-9,11H,1-3,6,10,12-14H2,(H,21,24). The molecule has 0 unspecified atom stereocenters. The third-order valence-corrected chi connectivity index (χ3v) is 6.88. The van der Waals surface area contributed by atoms with E-state index in [9.17, 15) is 4.79 Å². The number of hydrogen-bond acceptors (Lipinski definition) is 5. The van der Waals surface area contributed by atoms with Crippen molar-refractivity contribution in [3.05, 3.63) is 47.0 Å². The van der Waals surface area contributed by atoms with Crippen LogP contribution in [0.25, 0.3) is 0 Å². The van der Waals surface area contributed by atoms with Gasteiger partial charge in [0, 0.05) is 25.0 Å². The highest BCUT2D eigenvalue weighted by molar-refractivity contribution is 7.99. The smallest absolute Gasteiger partial charge is 0.261 e. The number of fused-ring (bicyclic) bond motifs is 1. The maximum atomic E-state index is 12.5. The van der Waals surface area contributed by atoms with Gasteiger partial charge in [-0.3, -0.25) is 4.79 Å². The lowest BCUT2D eigenvalue weighted by atomic mass is 9.97. The number of allylic oxidation sites excluding steroid dienone is 1. The van der Waals surface area contributed by atoms with Crippen LogP contribution in [-0.4, -0.2) is 29.7 Å². The molecule has 2 aromatic heterocycles. The van der Waals surface area contributed by atoms with Crippen molar-refractivity contribution in [2.45, 2.75) is 37.1 Å². The van der Waals surface area contributed by atoms with Crippen LogP contribution in [0.4, 0.5) is 10.7 Å². The van der Waals surface area contributed by atoms with Gasteiger partial charge in [-0.15, -0.1) is 23.1 Å². The summed E-state index contributed by atoms with van der Waals surface area (Å²) in [6.45, 7) is 1.67. The summed E-state index contributed by atoms with van der Waals surface area (Å²) in [6.07, 6.45) is 10.1. The molecule has 0 radical (unpaired) electrons. The van der Waals surface area contributed by atoms with Crippen molar-refractivity contribution in [1.29, 1.82) is 0 Å². The Hall–Kier alpha value is -1.79. The summed E-state index contributed by atoms with van der Waals surface area (Å²) in [6, 6.07) is 8.06. The van der Waals surface area contributed by atoms with E-state index in [1.807, 2.05) is 18.3 Å². The van der Waals surface area contributed by atoms with Gasteiger partial charge in [-0.25, -0.2) is 4.98 Å². The highest BCUT2D eigenvalue weighted by Crippen LogP contribution is 2.39. The first kappa shape index (κ1) is 17.6. The predicted molar refractivity (Wildman–Crippen MR) is 110 cm³/mol. The number of thiophene rings is 1. The molecule has 0 fully saturated rings. The summed E-state index contributed by atoms with van der Waals surface area (Å²) in [7, 11) is 0. The van der Waals surface area contributed by atoms with Gasteiger partial charge in [-0.2, -0.15) is 0 Å². The van der Waals surface area contributed by atoms with E-state index in [1.165, 1.54) is 31.3 Å². The number of rotatable bonds is 5. The number of amides is 1. The molecule has 0 bridgehead atoms. The van der Waals surface area contributed by atoms with Crippen molar-refractivity contribution in [1.82, 2.24) is 10.3 Å². The van der Waals surface area contributed by atoms with Gasteiger partial charge in [0.25, 0.3) is 5.91 Å². The van der Waals surface area contributed by atoms with Crippen molar-refractivity contribution in [3.8, 4) is 0 Å². The first-order valence-corrected chi connectivity index (χ1v) is 11.0. The molecule has 1 N–H and O–H groups in total. The Labute approximate surface area is 162 Å². The molecular formula is C20H23N3OS2. The second-order valence-corrected chi connectivity index (χ2v) is 8.73. The molecule has 2 aromatic rings. The number of carbonyl (C=O) groups excluding carboxylic acids is 1. The van der Waals surface area contributed by atoms with E-state index in [0.29, 0.717) is 0 Å². The minimum atomic E-state index is 0.0375. The molecule has 1 aliphatic heterocycles. The van der Waals surface area contributed by atoms with E-state index < -0.39 is 0 Å². The molecule has 136 valence electrons. The van der Waals surface area contributed by atoms with E-state index >= 15 is 0 Å². The van der Waals surface area contributed by atoms with Gasteiger partial charge in [0.2, 0.25) is 0 Å². The summed E-state index contributed by atoms with van der Waals surface area (Å²) >= 11 is 3.35. The largest absolute Gasteiger partial charge is 0.351 e. The Kier molecular flexibility index (Phi) is 5.60. The first-order valence-electron chi connectivity index (χ1n) is 9.22. The monoisotopic (exact) mass is 385 g/mol. The van der Waals surface area contributed by atoms with Crippen LogP contribution in [0.5, 0.6) is 0 Å². The molecule has 0 atom stereocenters. The average Bonchev–Trinajstić information content (AvgIpc) is 3.18. The molecule has 1 aliphatic carbocycles. The summed E-state index contributed by atoms with van der Waals surface area (Å²) in [4.78, 5) is 20.0. The Morgan fingerprint density at radius 3 is 3.12 bits per heavy atom. The van der Waals surface area contributed by atoms with E-state index in [1.54, 1.807) is 23.1 Å². The van der Waals surface area contributed by atoms with Crippen molar-refractivity contribution < 1.29 is 4.79 Å². The van der Waals surface area contributed by atoms with Crippen LogP contribution < -0.4 is 10.2 Å². The average molecular weight is 386 g/mol. The molecule has 1 amide bonds. The lowest BCUT2D eigenvalue weighted by Crippen LogP contribution is -2.24. The van der Waals surface area contributed by atoms with Crippen LogP contribution in [-0.2, 0) is 0 Å². The fraction of sp³-hybridized carbons (Fsp3) is 0.400. The SMILES string of the molecule is O=C(NCCC1=CCCCC1)c1ccc(N2CCSc3ncccc32)s1. The number of aromatic nitrogens is 1. The van der Waals surface area contributed by atoms with Gasteiger partial charge >= 0.3 is 0 Å². The van der Waals surface area contributed by atoms with Crippen LogP contribution in [0, 0.1) is 0 Å². The topological polar surface area (TPSA) is 45.2 Å². The van der Waals surface area contributed by atoms with E-state index in [2.05, 4.69) is 33.4 Å². The molecule has 26 heavy (non-hydrogen) atoms. The Morgan fingerprint density at radius 2 is 2.23 bits per heavy atom. The predicted octanol–water partition coefficient (Wildman–Crippen LogP) is 5.01. The second kappa shape index (κ2) is 8.27. The number of carbonyl (C=O) groups is 1. The quantitative estimate of drug-likeness (QED) is 0.735. The Bertz CT molecular complexity index is 815. The van der Waals surface area contributed by atoms with Gasteiger partial charge in [0.15, 0.2) is 0 Å². The molecule has 2 aliphatic rings. The summed E-state index contributed by atoms with van der Waals surface area (Å²) in [5.41, 5.74) is 2.64. The van der Waals surface area contributed by atoms with Crippen LogP contribution in [0.2, 0.25) is 0 Å². The Balaban J connectivity index is 1.38. The number of thioether (sulfide) groups is 1. The maximum Gasteiger partial charge on any atom is 0.261 e. The highest BCUT2D eigenvalue weighted by Gasteiger charge is 2.21. The second-order valence-electron chi connectivity index (χ2n) is 6.58. The fourth-order valence-corrected chi connectivity index (χ4v) is 5.32. The molecule has 4 rings (SSSR count). The van der Waals surface area contributed by atoms with Gasteiger partial charge in [-0.05, 0) is 56.4 Å². The first-order chi connectivity index (χ1) is 12.8. The van der Waals surface area contributed by atoms with Gasteiger partial charge in [-0.1, -0.05) is 11.6 Å². The zero-order chi connectivity index (χ0) is 17.8. The zero-order valence-corrected chi connectivity index (χ0v) is 16.4. The van der Waals surface area contributed by atoms with Crippen LogP contribution >= 0.6 is 23.1 Å². The number of nitrogens with one attached hydrogen (secondary N) is 1. The molecule has 0 saturated carbocycles. The molecule has 6 heteroatoms.